The third-order valence-electron chi connectivity index (χ3n) is 3.22. The van der Waals surface area contributed by atoms with Crippen molar-refractivity contribution >= 4 is 5.69 Å². The fourth-order valence-corrected chi connectivity index (χ4v) is 2.21. The number of benzene rings is 2. The summed E-state index contributed by atoms with van der Waals surface area (Å²) in [6, 6.07) is 12.6. The number of aryl methyl sites for hydroxylation is 1. The van der Waals surface area contributed by atoms with Crippen molar-refractivity contribution in [1.29, 1.82) is 0 Å². The summed E-state index contributed by atoms with van der Waals surface area (Å²) in [4.78, 5) is 2.01. The highest BCUT2D eigenvalue weighted by atomic mass is 19.1. The van der Waals surface area contributed by atoms with Crippen molar-refractivity contribution in [3.8, 4) is 0 Å². The Labute approximate surface area is 113 Å². The van der Waals surface area contributed by atoms with Gasteiger partial charge >= 0.3 is 0 Å². The summed E-state index contributed by atoms with van der Waals surface area (Å²) < 4.78 is 13.6. The van der Waals surface area contributed by atoms with Crippen LogP contribution in [0.5, 0.6) is 0 Å². The standard InChI is InChI=1S/C16H18FNO/c1-12-9-13(11-19)7-8-16(12)18(2)10-14-5-3-4-6-15(14)17/h3-9,19H,10-11H2,1-2H3. The van der Waals surface area contributed by atoms with Crippen molar-refractivity contribution in [3.05, 3.63) is 65.0 Å². The number of hydrogen-bond donors (Lipinski definition) is 1. The van der Waals surface area contributed by atoms with Crippen LogP contribution in [-0.4, -0.2) is 12.2 Å². The van der Waals surface area contributed by atoms with Gasteiger partial charge in [0.05, 0.1) is 6.61 Å². The SMILES string of the molecule is Cc1cc(CO)ccc1N(C)Cc1ccccc1F. The van der Waals surface area contributed by atoms with E-state index in [-0.39, 0.29) is 12.4 Å². The molecule has 0 unspecified atom stereocenters. The molecule has 0 saturated carbocycles. The molecule has 2 nitrogen and oxygen atoms in total. The topological polar surface area (TPSA) is 23.5 Å². The molecule has 0 aliphatic carbocycles. The maximum absolute atomic E-state index is 13.6. The van der Waals surface area contributed by atoms with Crippen molar-refractivity contribution < 1.29 is 9.50 Å². The molecule has 0 radical (unpaired) electrons. The fourth-order valence-electron chi connectivity index (χ4n) is 2.21. The van der Waals surface area contributed by atoms with Gasteiger partial charge in [-0.1, -0.05) is 30.3 Å². The Morgan fingerprint density at radius 1 is 1.16 bits per heavy atom. The Balaban J connectivity index is 2.21. The van der Waals surface area contributed by atoms with E-state index in [4.69, 9.17) is 5.11 Å². The van der Waals surface area contributed by atoms with E-state index in [1.165, 1.54) is 6.07 Å². The van der Waals surface area contributed by atoms with Gasteiger partial charge in [0.2, 0.25) is 0 Å². The zero-order valence-electron chi connectivity index (χ0n) is 11.2. The van der Waals surface area contributed by atoms with E-state index in [1.807, 2.05) is 43.1 Å². The summed E-state index contributed by atoms with van der Waals surface area (Å²) in [6.45, 7) is 2.55. The van der Waals surface area contributed by atoms with Gasteiger partial charge in [0.25, 0.3) is 0 Å². The second kappa shape index (κ2) is 5.85. The molecule has 0 aliphatic heterocycles. The van der Waals surface area contributed by atoms with E-state index >= 15 is 0 Å². The zero-order chi connectivity index (χ0) is 13.8. The lowest BCUT2D eigenvalue weighted by molar-refractivity contribution is 0.282. The van der Waals surface area contributed by atoms with Gasteiger partial charge in [0, 0.05) is 24.8 Å². The van der Waals surface area contributed by atoms with E-state index in [2.05, 4.69) is 0 Å². The summed E-state index contributed by atoms with van der Waals surface area (Å²) in [5, 5.41) is 9.10. The molecule has 0 bridgehead atoms. The zero-order valence-corrected chi connectivity index (χ0v) is 11.2. The minimum atomic E-state index is -0.181. The minimum Gasteiger partial charge on any atom is -0.392 e. The van der Waals surface area contributed by atoms with Crippen molar-refractivity contribution in [1.82, 2.24) is 0 Å². The highest BCUT2D eigenvalue weighted by Crippen LogP contribution is 2.22. The third kappa shape index (κ3) is 3.12. The highest BCUT2D eigenvalue weighted by Gasteiger charge is 2.08. The molecule has 0 amide bonds. The van der Waals surface area contributed by atoms with Crippen LogP contribution in [0.3, 0.4) is 0 Å². The second-order valence-corrected chi connectivity index (χ2v) is 4.73. The molecule has 0 spiro atoms. The Morgan fingerprint density at radius 2 is 1.89 bits per heavy atom. The molecular weight excluding hydrogens is 241 g/mol. The summed E-state index contributed by atoms with van der Waals surface area (Å²) in [7, 11) is 1.94. The van der Waals surface area contributed by atoms with Crippen molar-refractivity contribution in [2.45, 2.75) is 20.1 Å². The van der Waals surface area contributed by atoms with E-state index in [9.17, 15) is 4.39 Å². The molecule has 0 aromatic heterocycles. The summed E-state index contributed by atoms with van der Waals surface area (Å²) in [6.07, 6.45) is 0. The van der Waals surface area contributed by atoms with Gasteiger partial charge in [-0.2, -0.15) is 0 Å². The quantitative estimate of drug-likeness (QED) is 0.911. The van der Waals surface area contributed by atoms with Crippen molar-refractivity contribution in [2.24, 2.45) is 0 Å². The number of aliphatic hydroxyl groups excluding tert-OH is 1. The number of hydrogen-bond acceptors (Lipinski definition) is 2. The first-order valence-corrected chi connectivity index (χ1v) is 6.26. The van der Waals surface area contributed by atoms with Gasteiger partial charge in [-0.15, -0.1) is 0 Å². The first-order chi connectivity index (χ1) is 9.11. The average Bonchev–Trinajstić information content (AvgIpc) is 2.41. The van der Waals surface area contributed by atoms with Crippen molar-refractivity contribution in [2.75, 3.05) is 11.9 Å². The third-order valence-corrected chi connectivity index (χ3v) is 3.22. The van der Waals surface area contributed by atoms with E-state index in [1.54, 1.807) is 12.1 Å². The average molecular weight is 259 g/mol. The van der Waals surface area contributed by atoms with Crippen LogP contribution in [0.2, 0.25) is 0 Å². The van der Waals surface area contributed by atoms with Gasteiger partial charge in [0.1, 0.15) is 5.82 Å². The summed E-state index contributed by atoms with van der Waals surface area (Å²) in [5.41, 5.74) is 3.68. The lowest BCUT2D eigenvalue weighted by Gasteiger charge is -2.22. The van der Waals surface area contributed by atoms with Crippen LogP contribution in [0.15, 0.2) is 42.5 Å². The molecule has 19 heavy (non-hydrogen) atoms. The normalized spacial score (nSPS) is 10.5. The van der Waals surface area contributed by atoms with Gasteiger partial charge in [-0.3, -0.25) is 0 Å². The summed E-state index contributed by atoms with van der Waals surface area (Å²) >= 11 is 0. The Kier molecular flexibility index (Phi) is 4.17. The minimum absolute atomic E-state index is 0.0398. The Hall–Kier alpha value is -1.87. The van der Waals surface area contributed by atoms with Crippen LogP contribution in [0.1, 0.15) is 16.7 Å². The number of halogens is 1. The Bertz CT molecular complexity index is 568. The van der Waals surface area contributed by atoms with Crippen LogP contribution < -0.4 is 4.90 Å². The molecule has 2 aromatic rings. The van der Waals surface area contributed by atoms with Crippen LogP contribution >= 0.6 is 0 Å². The molecule has 0 atom stereocenters. The van der Waals surface area contributed by atoms with Gasteiger partial charge in [0.15, 0.2) is 0 Å². The first kappa shape index (κ1) is 13.6. The van der Waals surface area contributed by atoms with Crippen molar-refractivity contribution in [3.63, 3.8) is 0 Å². The van der Waals surface area contributed by atoms with Gasteiger partial charge in [-0.05, 0) is 30.2 Å². The number of rotatable bonds is 4. The molecule has 0 heterocycles. The smallest absolute Gasteiger partial charge is 0.128 e. The maximum Gasteiger partial charge on any atom is 0.128 e. The van der Waals surface area contributed by atoms with Gasteiger partial charge < -0.3 is 10.0 Å². The molecule has 0 fully saturated rings. The van der Waals surface area contributed by atoms with E-state index in [0.29, 0.717) is 12.1 Å². The maximum atomic E-state index is 13.6. The largest absolute Gasteiger partial charge is 0.392 e. The highest BCUT2D eigenvalue weighted by molar-refractivity contribution is 5.54. The molecular formula is C16H18FNO. The van der Waals surface area contributed by atoms with Crippen LogP contribution in [-0.2, 0) is 13.2 Å². The molecule has 3 heteroatoms. The van der Waals surface area contributed by atoms with E-state index in [0.717, 1.165) is 16.8 Å². The monoisotopic (exact) mass is 259 g/mol. The fraction of sp³-hybridized carbons (Fsp3) is 0.250. The number of anilines is 1. The Morgan fingerprint density at radius 3 is 2.53 bits per heavy atom. The molecule has 2 aromatic carbocycles. The van der Waals surface area contributed by atoms with Crippen LogP contribution in [0.25, 0.3) is 0 Å². The lowest BCUT2D eigenvalue weighted by atomic mass is 10.1. The van der Waals surface area contributed by atoms with E-state index < -0.39 is 0 Å². The molecule has 1 N–H and O–H groups in total. The van der Waals surface area contributed by atoms with Gasteiger partial charge in [-0.25, -0.2) is 4.39 Å². The lowest BCUT2D eigenvalue weighted by Crippen LogP contribution is -2.18. The predicted molar refractivity (Wildman–Crippen MR) is 75.6 cm³/mol. The van der Waals surface area contributed by atoms with Crippen LogP contribution in [0.4, 0.5) is 10.1 Å². The number of nitrogens with zero attached hydrogens (tertiary/aromatic N) is 1. The van der Waals surface area contributed by atoms with Crippen LogP contribution in [0, 0.1) is 12.7 Å². The predicted octanol–water partition coefficient (Wildman–Crippen LogP) is 3.26. The molecule has 2 rings (SSSR count). The molecule has 100 valence electrons. The molecule has 0 aliphatic rings. The second-order valence-electron chi connectivity index (χ2n) is 4.73. The summed E-state index contributed by atoms with van der Waals surface area (Å²) in [5.74, 6) is -0.181. The molecule has 0 saturated heterocycles. The first-order valence-electron chi connectivity index (χ1n) is 6.26. The number of aliphatic hydroxyl groups is 1.